The summed E-state index contributed by atoms with van der Waals surface area (Å²) in [6, 6.07) is 7.83. The molecular formula is C15H22N2O2. The Morgan fingerprint density at radius 3 is 2.84 bits per heavy atom. The fraction of sp³-hybridized carbons (Fsp3) is 0.533. The van der Waals surface area contributed by atoms with Crippen molar-refractivity contribution < 1.29 is 9.53 Å². The number of fused-ring (bicyclic) bond motifs is 1. The standard InChI is InChI=1S/C15H22N2O2/c1-15(2,3)16-9-8-14(18)17-12-10-19-13-7-5-4-6-11(12)13/h4-7,12,16H,8-10H2,1-3H3,(H,17,18). The summed E-state index contributed by atoms with van der Waals surface area (Å²) in [5, 5.41) is 6.32. The van der Waals surface area contributed by atoms with Crippen molar-refractivity contribution in [2.24, 2.45) is 0 Å². The molecule has 1 atom stereocenters. The highest BCUT2D eigenvalue weighted by Crippen LogP contribution is 2.31. The second kappa shape index (κ2) is 5.61. The van der Waals surface area contributed by atoms with E-state index >= 15 is 0 Å². The van der Waals surface area contributed by atoms with Crippen LogP contribution in [0.25, 0.3) is 0 Å². The van der Waals surface area contributed by atoms with E-state index in [4.69, 9.17) is 4.74 Å². The van der Waals surface area contributed by atoms with Gasteiger partial charge in [-0.2, -0.15) is 0 Å². The summed E-state index contributed by atoms with van der Waals surface area (Å²) < 4.78 is 5.54. The highest BCUT2D eigenvalue weighted by atomic mass is 16.5. The van der Waals surface area contributed by atoms with Crippen LogP contribution >= 0.6 is 0 Å². The Kier molecular flexibility index (Phi) is 4.10. The summed E-state index contributed by atoms with van der Waals surface area (Å²) >= 11 is 0. The number of para-hydroxylation sites is 1. The summed E-state index contributed by atoms with van der Waals surface area (Å²) in [6.45, 7) is 7.48. The van der Waals surface area contributed by atoms with Crippen LogP contribution in [-0.2, 0) is 4.79 Å². The lowest BCUT2D eigenvalue weighted by Crippen LogP contribution is -2.39. The van der Waals surface area contributed by atoms with Crippen LogP contribution in [-0.4, -0.2) is 24.6 Å². The van der Waals surface area contributed by atoms with Gasteiger partial charge in [-0.05, 0) is 26.8 Å². The molecule has 1 aliphatic heterocycles. The lowest BCUT2D eigenvalue weighted by molar-refractivity contribution is -0.121. The van der Waals surface area contributed by atoms with Crippen LogP contribution in [0.4, 0.5) is 0 Å². The molecule has 0 aromatic heterocycles. The van der Waals surface area contributed by atoms with Gasteiger partial charge >= 0.3 is 0 Å². The van der Waals surface area contributed by atoms with Crippen LogP contribution in [0.5, 0.6) is 5.75 Å². The number of ether oxygens (including phenoxy) is 1. The SMILES string of the molecule is CC(C)(C)NCCC(=O)NC1COc2ccccc21. The van der Waals surface area contributed by atoms with Gasteiger partial charge < -0.3 is 15.4 Å². The molecule has 2 rings (SSSR count). The molecule has 1 aromatic rings. The van der Waals surface area contributed by atoms with Gasteiger partial charge in [0.25, 0.3) is 0 Å². The summed E-state index contributed by atoms with van der Waals surface area (Å²) in [6.07, 6.45) is 0.482. The number of carbonyl (C=O) groups is 1. The third-order valence-corrected chi connectivity index (χ3v) is 3.04. The normalized spacial score (nSPS) is 17.7. The number of hydrogen-bond donors (Lipinski definition) is 2. The molecule has 4 nitrogen and oxygen atoms in total. The van der Waals surface area contributed by atoms with Gasteiger partial charge in [0.1, 0.15) is 12.4 Å². The molecule has 0 saturated carbocycles. The lowest BCUT2D eigenvalue weighted by atomic mass is 10.1. The van der Waals surface area contributed by atoms with Crippen LogP contribution in [0, 0.1) is 0 Å². The Morgan fingerprint density at radius 1 is 1.37 bits per heavy atom. The van der Waals surface area contributed by atoms with Crippen molar-refractivity contribution in [1.29, 1.82) is 0 Å². The van der Waals surface area contributed by atoms with E-state index in [9.17, 15) is 4.79 Å². The van der Waals surface area contributed by atoms with Crippen LogP contribution in [0.3, 0.4) is 0 Å². The van der Waals surface area contributed by atoms with Crippen LogP contribution < -0.4 is 15.4 Å². The monoisotopic (exact) mass is 262 g/mol. The molecule has 19 heavy (non-hydrogen) atoms. The fourth-order valence-corrected chi connectivity index (χ4v) is 2.10. The average Bonchev–Trinajstić information content (AvgIpc) is 2.71. The minimum absolute atomic E-state index is 0.0154. The maximum Gasteiger partial charge on any atom is 0.221 e. The number of amides is 1. The quantitative estimate of drug-likeness (QED) is 0.872. The predicted molar refractivity (Wildman–Crippen MR) is 75.2 cm³/mol. The fourth-order valence-electron chi connectivity index (χ4n) is 2.10. The highest BCUT2D eigenvalue weighted by molar-refractivity contribution is 5.77. The third kappa shape index (κ3) is 3.96. The molecule has 0 bridgehead atoms. The number of rotatable bonds is 4. The zero-order valence-corrected chi connectivity index (χ0v) is 11.8. The van der Waals surface area contributed by atoms with Crippen molar-refractivity contribution in [3.63, 3.8) is 0 Å². The molecule has 0 fully saturated rings. The molecular weight excluding hydrogens is 240 g/mol. The Hall–Kier alpha value is -1.55. The third-order valence-electron chi connectivity index (χ3n) is 3.04. The van der Waals surface area contributed by atoms with Gasteiger partial charge in [0, 0.05) is 24.1 Å². The van der Waals surface area contributed by atoms with Gasteiger partial charge in [0.05, 0.1) is 6.04 Å². The number of hydrogen-bond acceptors (Lipinski definition) is 3. The van der Waals surface area contributed by atoms with Gasteiger partial charge in [-0.15, -0.1) is 0 Å². The number of nitrogens with one attached hydrogen (secondary N) is 2. The van der Waals surface area contributed by atoms with Gasteiger partial charge in [0.15, 0.2) is 0 Å². The van der Waals surface area contributed by atoms with Crippen molar-refractivity contribution >= 4 is 5.91 Å². The molecule has 1 aliphatic rings. The van der Waals surface area contributed by atoms with Gasteiger partial charge in [-0.3, -0.25) is 4.79 Å². The Labute approximate surface area is 114 Å². The van der Waals surface area contributed by atoms with Crippen LogP contribution in [0.15, 0.2) is 24.3 Å². The molecule has 1 unspecified atom stereocenters. The topological polar surface area (TPSA) is 50.4 Å². The Balaban J connectivity index is 1.81. The van der Waals surface area contributed by atoms with E-state index in [0.29, 0.717) is 19.6 Å². The van der Waals surface area contributed by atoms with E-state index in [2.05, 4.69) is 31.4 Å². The van der Waals surface area contributed by atoms with Crippen LogP contribution in [0.1, 0.15) is 38.8 Å². The summed E-state index contributed by atoms with van der Waals surface area (Å²) in [4.78, 5) is 11.9. The van der Waals surface area contributed by atoms with Crippen molar-refractivity contribution in [1.82, 2.24) is 10.6 Å². The van der Waals surface area contributed by atoms with E-state index in [1.54, 1.807) is 0 Å². The van der Waals surface area contributed by atoms with Crippen molar-refractivity contribution in [3.05, 3.63) is 29.8 Å². The minimum Gasteiger partial charge on any atom is -0.491 e. The first-order valence-electron chi connectivity index (χ1n) is 6.72. The first-order chi connectivity index (χ1) is 8.96. The first-order valence-corrected chi connectivity index (χ1v) is 6.72. The molecule has 0 radical (unpaired) electrons. The van der Waals surface area contributed by atoms with E-state index in [1.165, 1.54) is 0 Å². The zero-order valence-electron chi connectivity index (χ0n) is 11.8. The van der Waals surface area contributed by atoms with E-state index in [-0.39, 0.29) is 17.5 Å². The van der Waals surface area contributed by atoms with Crippen LogP contribution in [0.2, 0.25) is 0 Å². The molecule has 0 aliphatic carbocycles. The Morgan fingerprint density at radius 2 is 2.11 bits per heavy atom. The maximum atomic E-state index is 11.9. The zero-order chi connectivity index (χ0) is 13.9. The van der Waals surface area contributed by atoms with Crippen molar-refractivity contribution in [2.75, 3.05) is 13.2 Å². The van der Waals surface area contributed by atoms with Crippen molar-refractivity contribution in [3.8, 4) is 5.75 Å². The molecule has 4 heteroatoms. The van der Waals surface area contributed by atoms with E-state index < -0.39 is 0 Å². The van der Waals surface area contributed by atoms with Gasteiger partial charge in [-0.25, -0.2) is 0 Å². The molecule has 0 spiro atoms. The molecule has 2 N–H and O–H groups in total. The summed E-state index contributed by atoms with van der Waals surface area (Å²) in [5.41, 5.74) is 1.11. The number of carbonyl (C=O) groups excluding carboxylic acids is 1. The van der Waals surface area contributed by atoms with E-state index in [0.717, 1.165) is 11.3 Å². The van der Waals surface area contributed by atoms with Gasteiger partial charge in [0.2, 0.25) is 5.91 Å². The second-order valence-electron chi connectivity index (χ2n) is 5.90. The highest BCUT2D eigenvalue weighted by Gasteiger charge is 2.24. The molecule has 104 valence electrons. The largest absolute Gasteiger partial charge is 0.491 e. The first kappa shape index (κ1) is 13.9. The second-order valence-corrected chi connectivity index (χ2v) is 5.90. The molecule has 1 amide bonds. The smallest absolute Gasteiger partial charge is 0.221 e. The molecule has 1 aromatic carbocycles. The Bertz CT molecular complexity index is 452. The van der Waals surface area contributed by atoms with Crippen molar-refractivity contribution in [2.45, 2.75) is 38.8 Å². The summed E-state index contributed by atoms with van der Waals surface area (Å²) in [7, 11) is 0. The minimum atomic E-state index is -0.0154. The molecule has 1 heterocycles. The summed E-state index contributed by atoms with van der Waals surface area (Å²) in [5.74, 6) is 0.933. The predicted octanol–water partition coefficient (Wildman–Crippen LogP) is 2.01. The van der Waals surface area contributed by atoms with Gasteiger partial charge in [-0.1, -0.05) is 18.2 Å². The van der Waals surface area contributed by atoms with E-state index in [1.807, 2.05) is 24.3 Å². The molecule has 0 saturated heterocycles. The maximum absolute atomic E-state index is 11.9. The number of benzene rings is 1. The lowest BCUT2D eigenvalue weighted by Gasteiger charge is -2.20. The average molecular weight is 262 g/mol.